The summed E-state index contributed by atoms with van der Waals surface area (Å²) in [5.74, 6) is 0. The average molecular weight is 319 g/mol. The highest BCUT2D eigenvalue weighted by Gasteiger charge is 2.15. The second-order valence-corrected chi connectivity index (χ2v) is 5.97. The molecule has 0 aliphatic heterocycles. The predicted octanol–water partition coefficient (Wildman–Crippen LogP) is 2.75. The third-order valence-electron chi connectivity index (χ3n) is 2.48. The van der Waals surface area contributed by atoms with Crippen molar-refractivity contribution in [2.45, 2.75) is 52.6 Å². The summed E-state index contributed by atoms with van der Waals surface area (Å²) in [6.45, 7) is 12.1. The van der Waals surface area contributed by atoms with Crippen LogP contribution in [0, 0.1) is 0 Å². The highest BCUT2D eigenvalue weighted by molar-refractivity contribution is 5.67. The zero-order valence-corrected chi connectivity index (χ0v) is 14.6. The van der Waals surface area contributed by atoms with E-state index in [9.17, 15) is 4.79 Å². The van der Waals surface area contributed by atoms with Gasteiger partial charge in [0.1, 0.15) is 5.60 Å². The average Bonchev–Trinajstić information content (AvgIpc) is 2.42. The summed E-state index contributed by atoms with van der Waals surface area (Å²) >= 11 is 0. The van der Waals surface area contributed by atoms with Crippen LogP contribution in [-0.4, -0.2) is 57.9 Å². The van der Waals surface area contributed by atoms with Gasteiger partial charge in [-0.05, 0) is 40.0 Å². The number of hydrogen-bond donors (Lipinski definition) is 1. The normalized spacial score (nSPS) is 11.5. The van der Waals surface area contributed by atoms with Crippen LogP contribution >= 0.6 is 0 Å². The van der Waals surface area contributed by atoms with Crippen LogP contribution in [0.15, 0.2) is 0 Å². The lowest BCUT2D eigenvalue weighted by Gasteiger charge is -2.19. The van der Waals surface area contributed by atoms with Gasteiger partial charge in [-0.25, -0.2) is 4.79 Å². The molecule has 6 heteroatoms. The summed E-state index contributed by atoms with van der Waals surface area (Å²) in [6, 6.07) is 0. The Morgan fingerprint density at radius 3 is 1.95 bits per heavy atom. The number of ether oxygens (including phenoxy) is 4. The van der Waals surface area contributed by atoms with Gasteiger partial charge in [-0.1, -0.05) is 6.92 Å². The largest absolute Gasteiger partial charge is 0.444 e. The number of rotatable bonds is 13. The van der Waals surface area contributed by atoms with Gasteiger partial charge in [0.2, 0.25) is 0 Å². The van der Waals surface area contributed by atoms with Crippen molar-refractivity contribution in [1.29, 1.82) is 0 Å². The molecule has 0 heterocycles. The molecule has 0 aromatic heterocycles. The van der Waals surface area contributed by atoms with Crippen LogP contribution in [0.5, 0.6) is 0 Å². The lowest BCUT2D eigenvalue weighted by atomic mass is 10.2. The first-order chi connectivity index (χ1) is 10.5. The molecule has 0 fully saturated rings. The van der Waals surface area contributed by atoms with E-state index >= 15 is 0 Å². The van der Waals surface area contributed by atoms with Gasteiger partial charge in [-0.3, -0.25) is 0 Å². The smallest absolute Gasteiger partial charge is 0.407 e. The van der Waals surface area contributed by atoms with Crippen LogP contribution in [0.1, 0.15) is 47.0 Å². The van der Waals surface area contributed by atoms with E-state index in [0.717, 1.165) is 25.9 Å². The summed E-state index contributed by atoms with van der Waals surface area (Å²) in [6.07, 6.45) is 2.43. The lowest BCUT2D eigenvalue weighted by molar-refractivity contribution is 0.0140. The zero-order chi connectivity index (χ0) is 16.7. The number of nitrogens with one attached hydrogen (secondary N) is 1. The maximum atomic E-state index is 11.4. The first-order valence-corrected chi connectivity index (χ1v) is 8.16. The van der Waals surface area contributed by atoms with Crippen molar-refractivity contribution in [1.82, 2.24) is 5.32 Å². The third kappa shape index (κ3) is 17.2. The first kappa shape index (κ1) is 21.1. The Balaban J connectivity index is 3.16. The van der Waals surface area contributed by atoms with Crippen molar-refractivity contribution in [2.24, 2.45) is 0 Å². The molecule has 0 rings (SSSR count). The quantitative estimate of drug-likeness (QED) is 0.529. The Kier molecular flexibility index (Phi) is 13.3. The van der Waals surface area contributed by atoms with Gasteiger partial charge in [0.15, 0.2) is 0 Å². The molecule has 22 heavy (non-hydrogen) atoms. The molecule has 0 unspecified atom stereocenters. The Bertz CT molecular complexity index is 266. The van der Waals surface area contributed by atoms with E-state index < -0.39 is 5.60 Å². The van der Waals surface area contributed by atoms with Gasteiger partial charge < -0.3 is 24.3 Å². The van der Waals surface area contributed by atoms with E-state index in [-0.39, 0.29) is 6.09 Å². The zero-order valence-electron chi connectivity index (χ0n) is 14.6. The van der Waals surface area contributed by atoms with Crippen LogP contribution in [0.2, 0.25) is 0 Å². The van der Waals surface area contributed by atoms with Crippen LogP contribution in [0.3, 0.4) is 0 Å². The van der Waals surface area contributed by atoms with E-state index in [1.54, 1.807) is 0 Å². The second kappa shape index (κ2) is 13.8. The summed E-state index contributed by atoms with van der Waals surface area (Å²) < 4.78 is 21.2. The van der Waals surface area contributed by atoms with Gasteiger partial charge in [-0.2, -0.15) is 0 Å². The molecule has 0 aliphatic rings. The molecule has 1 N–H and O–H groups in total. The van der Waals surface area contributed by atoms with Gasteiger partial charge in [-0.15, -0.1) is 0 Å². The van der Waals surface area contributed by atoms with Gasteiger partial charge >= 0.3 is 6.09 Å². The standard InChI is InChI=1S/C16H33NO5/c1-5-9-19-11-13-21-14-12-20-10-7-6-8-17-15(18)22-16(2,3)4/h5-14H2,1-4H3,(H,17,18). The monoisotopic (exact) mass is 319 g/mol. The van der Waals surface area contributed by atoms with E-state index in [4.69, 9.17) is 18.9 Å². The molecular weight excluding hydrogens is 286 g/mol. The van der Waals surface area contributed by atoms with Crippen LogP contribution in [0.25, 0.3) is 0 Å². The van der Waals surface area contributed by atoms with E-state index in [1.165, 1.54) is 0 Å². The highest BCUT2D eigenvalue weighted by atomic mass is 16.6. The molecule has 0 bridgehead atoms. The number of hydrogen-bond acceptors (Lipinski definition) is 5. The van der Waals surface area contributed by atoms with Crippen molar-refractivity contribution < 1.29 is 23.7 Å². The Hall–Kier alpha value is -0.850. The molecule has 0 aromatic rings. The molecule has 0 saturated carbocycles. The molecule has 0 radical (unpaired) electrons. The number of carbonyl (C=O) groups is 1. The minimum Gasteiger partial charge on any atom is -0.444 e. The van der Waals surface area contributed by atoms with Gasteiger partial charge in [0.05, 0.1) is 26.4 Å². The van der Waals surface area contributed by atoms with E-state index in [2.05, 4.69) is 12.2 Å². The van der Waals surface area contributed by atoms with Crippen LogP contribution in [-0.2, 0) is 18.9 Å². The minimum absolute atomic E-state index is 0.368. The van der Waals surface area contributed by atoms with Gasteiger partial charge in [0.25, 0.3) is 0 Å². The van der Waals surface area contributed by atoms with Crippen molar-refractivity contribution in [3.8, 4) is 0 Å². The first-order valence-electron chi connectivity index (χ1n) is 8.16. The molecule has 0 saturated heterocycles. The van der Waals surface area contributed by atoms with Crippen molar-refractivity contribution in [3.63, 3.8) is 0 Å². The molecule has 0 spiro atoms. The summed E-state index contributed by atoms with van der Waals surface area (Å²) in [5.41, 5.74) is -0.450. The predicted molar refractivity (Wildman–Crippen MR) is 86.2 cm³/mol. The Labute approximate surface area is 134 Å². The van der Waals surface area contributed by atoms with Crippen molar-refractivity contribution in [2.75, 3.05) is 46.2 Å². The topological polar surface area (TPSA) is 66.0 Å². The van der Waals surface area contributed by atoms with Crippen LogP contribution in [0.4, 0.5) is 4.79 Å². The van der Waals surface area contributed by atoms with Crippen LogP contribution < -0.4 is 5.32 Å². The number of unbranched alkanes of at least 4 members (excludes halogenated alkanes) is 1. The third-order valence-corrected chi connectivity index (χ3v) is 2.48. The van der Waals surface area contributed by atoms with E-state index in [1.807, 2.05) is 20.8 Å². The minimum atomic E-state index is -0.450. The molecule has 132 valence electrons. The molecule has 6 nitrogen and oxygen atoms in total. The fourth-order valence-electron chi connectivity index (χ4n) is 1.52. The molecule has 0 aromatic carbocycles. The SMILES string of the molecule is CCCOCCOCCOCCCCNC(=O)OC(C)(C)C. The van der Waals surface area contributed by atoms with Crippen molar-refractivity contribution >= 4 is 6.09 Å². The fraction of sp³-hybridized carbons (Fsp3) is 0.938. The second-order valence-electron chi connectivity index (χ2n) is 5.97. The Morgan fingerprint density at radius 2 is 1.41 bits per heavy atom. The van der Waals surface area contributed by atoms with Crippen molar-refractivity contribution in [3.05, 3.63) is 0 Å². The number of carbonyl (C=O) groups excluding carboxylic acids is 1. The van der Waals surface area contributed by atoms with Gasteiger partial charge in [0, 0.05) is 19.8 Å². The molecule has 0 atom stereocenters. The molecule has 0 aliphatic carbocycles. The summed E-state index contributed by atoms with van der Waals surface area (Å²) in [7, 11) is 0. The summed E-state index contributed by atoms with van der Waals surface area (Å²) in [4.78, 5) is 11.4. The Morgan fingerprint density at radius 1 is 0.864 bits per heavy atom. The fourth-order valence-corrected chi connectivity index (χ4v) is 1.52. The number of amides is 1. The summed E-state index contributed by atoms with van der Waals surface area (Å²) in [5, 5.41) is 2.72. The molecular formula is C16H33NO5. The maximum absolute atomic E-state index is 11.4. The highest BCUT2D eigenvalue weighted by Crippen LogP contribution is 2.06. The lowest BCUT2D eigenvalue weighted by Crippen LogP contribution is -2.33. The number of alkyl carbamates (subject to hydrolysis) is 1. The van der Waals surface area contributed by atoms with E-state index in [0.29, 0.717) is 39.6 Å². The maximum Gasteiger partial charge on any atom is 0.407 e. The molecule has 1 amide bonds.